The summed E-state index contributed by atoms with van der Waals surface area (Å²) in [5, 5.41) is 9.47. The van der Waals surface area contributed by atoms with Gasteiger partial charge >= 0.3 is 0 Å². The normalized spacial score (nSPS) is 13.0. The van der Waals surface area contributed by atoms with E-state index in [1.807, 2.05) is 6.92 Å². The summed E-state index contributed by atoms with van der Waals surface area (Å²) in [5.41, 5.74) is 1.24. The van der Waals surface area contributed by atoms with Crippen LogP contribution in [0.4, 0.5) is 4.39 Å². The van der Waals surface area contributed by atoms with Gasteiger partial charge in [0.2, 0.25) is 0 Å². The van der Waals surface area contributed by atoms with E-state index in [2.05, 4.69) is 0 Å². The van der Waals surface area contributed by atoms with Crippen molar-refractivity contribution in [2.75, 3.05) is 0 Å². The Morgan fingerprint density at radius 1 is 1.50 bits per heavy atom. The second-order valence-corrected chi connectivity index (χ2v) is 2.88. The van der Waals surface area contributed by atoms with Gasteiger partial charge in [-0.1, -0.05) is 19.1 Å². The van der Waals surface area contributed by atoms with Crippen LogP contribution in [0.5, 0.6) is 0 Å². The van der Waals surface area contributed by atoms with Crippen molar-refractivity contribution in [3.63, 3.8) is 0 Å². The standard InChI is InChI=1S/C10H13FO/c1-3-10(12)8-5-4-6-9(11)7(8)2/h4-6,10,12H,3H2,1-2H3/t10-/m1/s1. The fourth-order valence-electron chi connectivity index (χ4n) is 1.21. The van der Waals surface area contributed by atoms with Gasteiger partial charge in [-0.15, -0.1) is 0 Å². The molecule has 0 fully saturated rings. The molecule has 2 heteroatoms. The van der Waals surface area contributed by atoms with Crippen molar-refractivity contribution in [1.82, 2.24) is 0 Å². The van der Waals surface area contributed by atoms with E-state index in [0.29, 0.717) is 17.5 Å². The molecule has 0 aliphatic rings. The predicted octanol–water partition coefficient (Wildman–Crippen LogP) is 2.58. The van der Waals surface area contributed by atoms with Crippen LogP contribution in [-0.2, 0) is 0 Å². The van der Waals surface area contributed by atoms with Crippen LogP contribution in [0.1, 0.15) is 30.6 Å². The molecule has 12 heavy (non-hydrogen) atoms. The Bertz CT molecular complexity index is 271. The van der Waals surface area contributed by atoms with Crippen molar-refractivity contribution >= 4 is 0 Å². The van der Waals surface area contributed by atoms with Gasteiger partial charge in [-0.2, -0.15) is 0 Å². The average Bonchev–Trinajstić information content (AvgIpc) is 2.08. The van der Waals surface area contributed by atoms with Gasteiger partial charge in [0, 0.05) is 0 Å². The third-order valence-electron chi connectivity index (χ3n) is 2.06. The zero-order valence-electron chi connectivity index (χ0n) is 7.34. The van der Waals surface area contributed by atoms with Gasteiger partial charge in [0.05, 0.1) is 6.10 Å². The molecule has 0 amide bonds. The highest BCUT2D eigenvalue weighted by Crippen LogP contribution is 2.21. The van der Waals surface area contributed by atoms with Crippen LogP contribution in [0.3, 0.4) is 0 Å². The summed E-state index contributed by atoms with van der Waals surface area (Å²) in [4.78, 5) is 0. The topological polar surface area (TPSA) is 20.2 Å². The van der Waals surface area contributed by atoms with Crippen molar-refractivity contribution in [2.45, 2.75) is 26.4 Å². The zero-order chi connectivity index (χ0) is 9.14. The molecular formula is C10H13FO. The first kappa shape index (κ1) is 9.20. The predicted molar refractivity (Wildman–Crippen MR) is 46.4 cm³/mol. The molecule has 1 nitrogen and oxygen atoms in total. The number of aliphatic hydroxyl groups excluding tert-OH is 1. The van der Waals surface area contributed by atoms with Gasteiger partial charge in [-0.3, -0.25) is 0 Å². The maximum absolute atomic E-state index is 13.0. The SMILES string of the molecule is CC[C@@H](O)c1cccc(F)c1C. The fourth-order valence-corrected chi connectivity index (χ4v) is 1.21. The number of halogens is 1. The molecular weight excluding hydrogens is 155 g/mol. The van der Waals surface area contributed by atoms with Crippen LogP contribution >= 0.6 is 0 Å². The molecule has 0 spiro atoms. The first-order chi connectivity index (χ1) is 5.66. The molecule has 0 radical (unpaired) electrons. The molecule has 0 heterocycles. The largest absolute Gasteiger partial charge is 0.388 e. The first-order valence-corrected chi connectivity index (χ1v) is 4.10. The lowest BCUT2D eigenvalue weighted by atomic mass is 10.0. The Hall–Kier alpha value is -0.890. The van der Waals surface area contributed by atoms with Gasteiger partial charge < -0.3 is 5.11 Å². The molecule has 66 valence electrons. The minimum absolute atomic E-state index is 0.250. The monoisotopic (exact) mass is 168 g/mol. The molecule has 0 saturated carbocycles. The van der Waals surface area contributed by atoms with E-state index in [-0.39, 0.29) is 5.82 Å². The number of benzene rings is 1. The molecule has 0 bridgehead atoms. The quantitative estimate of drug-likeness (QED) is 0.719. The van der Waals surface area contributed by atoms with E-state index >= 15 is 0 Å². The molecule has 0 saturated heterocycles. The van der Waals surface area contributed by atoms with Crippen molar-refractivity contribution in [1.29, 1.82) is 0 Å². The number of hydrogen-bond donors (Lipinski definition) is 1. The van der Waals surface area contributed by atoms with Gasteiger partial charge in [0.15, 0.2) is 0 Å². The van der Waals surface area contributed by atoms with Crippen LogP contribution < -0.4 is 0 Å². The van der Waals surface area contributed by atoms with Crippen LogP contribution in [0.2, 0.25) is 0 Å². The molecule has 0 aromatic heterocycles. The molecule has 1 atom stereocenters. The first-order valence-electron chi connectivity index (χ1n) is 4.10. The van der Waals surface area contributed by atoms with Gasteiger partial charge in [-0.05, 0) is 30.5 Å². The Morgan fingerprint density at radius 2 is 2.17 bits per heavy atom. The maximum Gasteiger partial charge on any atom is 0.126 e. The van der Waals surface area contributed by atoms with Gasteiger partial charge in [0.1, 0.15) is 5.82 Å². The lowest BCUT2D eigenvalue weighted by Gasteiger charge is -2.11. The average molecular weight is 168 g/mol. The summed E-state index contributed by atoms with van der Waals surface area (Å²) in [6, 6.07) is 4.78. The summed E-state index contributed by atoms with van der Waals surface area (Å²) in [7, 11) is 0. The van der Waals surface area contributed by atoms with Crippen molar-refractivity contribution < 1.29 is 9.50 Å². The second kappa shape index (κ2) is 3.68. The van der Waals surface area contributed by atoms with E-state index in [4.69, 9.17) is 0 Å². The molecule has 0 aliphatic heterocycles. The third kappa shape index (κ3) is 1.64. The van der Waals surface area contributed by atoms with Crippen LogP contribution in [0.15, 0.2) is 18.2 Å². The lowest BCUT2D eigenvalue weighted by molar-refractivity contribution is 0.172. The highest BCUT2D eigenvalue weighted by molar-refractivity contribution is 5.28. The van der Waals surface area contributed by atoms with E-state index < -0.39 is 6.10 Å². The van der Waals surface area contributed by atoms with E-state index in [9.17, 15) is 9.50 Å². The molecule has 1 aromatic rings. The summed E-state index contributed by atoms with van der Waals surface area (Å²) in [6.45, 7) is 3.55. The molecule has 1 N–H and O–H groups in total. The third-order valence-corrected chi connectivity index (χ3v) is 2.06. The summed E-state index contributed by atoms with van der Waals surface area (Å²) in [5.74, 6) is -0.250. The van der Waals surface area contributed by atoms with Crippen molar-refractivity contribution in [3.8, 4) is 0 Å². The van der Waals surface area contributed by atoms with Crippen LogP contribution in [-0.4, -0.2) is 5.11 Å². The van der Waals surface area contributed by atoms with Crippen LogP contribution in [0, 0.1) is 12.7 Å². The minimum atomic E-state index is -0.541. The van der Waals surface area contributed by atoms with E-state index in [0.717, 1.165) is 0 Å². The second-order valence-electron chi connectivity index (χ2n) is 2.88. The van der Waals surface area contributed by atoms with Gasteiger partial charge in [-0.25, -0.2) is 4.39 Å². The number of aliphatic hydroxyl groups is 1. The molecule has 0 aliphatic carbocycles. The van der Waals surface area contributed by atoms with Gasteiger partial charge in [0.25, 0.3) is 0 Å². The molecule has 1 rings (SSSR count). The summed E-state index contributed by atoms with van der Waals surface area (Å²) < 4.78 is 13.0. The highest BCUT2D eigenvalue weighted by Gasteiger charge is 2.09. The molecule has 1 aromatic carbocycles. The Balaban J connectivity index is 3.07. The minimum Gasteiger partial charge on any atom is -0.388 e. The molecule has 0 unspecified atom stereocenters. The summed E-state index contributed by atoms with van der Waals surface area (Å²) >= 11 is 0. The van der Waals surface area contributed by atoms with E-state index in [1.54, 1.807) is 19.1 Å². The lowest BCUT2D eigenvalue weighted by Crippen LogP contribution is -1.99. The number of rotatable bonds is 2. The Kier molecular flexibility index (Phi) is 2.82. The fraction of sp³-hybridized carbons (Fsp3) is 0.400. The summed E-state index contributed by atoms with van der Waals surface area (Å²) in [6.07, 6.45) is 0.0744. The smallest absolute Gasteiger partial charge is 0.126 e. The van der Waals surface area contributed by atoms with E-state index in [1.165, 1.54) is 6.07 Å². The highest BCUT2D eigenvalue weighted by atomic mass is 19.1. The Labute approximate surface area is 71.9 Å². The Morgan fingerprint density at radius 3 is 2.75 bits per heavy atom. The van der Waals surface area contributed by atoms with Crippen molar-refractivity contribution in [3.05, 3.63) is 35.1 Å². The maximum atomic E-state index is 13.0. The zero-order valence-corrected chi connectivity index (χ0v) is 7.34. The van der Waals surface area contributed by atoms with Crippen LogP contribution in [0.25, 0.3) is 0 Å². The van der Waals surface area contributed by atoms with Crippen molar-refractivity contribution in [2.24, 2.45) is 0 Å². The number of hydrogen-bond acceptors (Lipinski definition) is 1.